The van der Waals surface area contributed by atoms with Gasteiger partial charge in [-0.25, -0.2) is 0 Å². The number of aliphatic hydroxyl groups is 1. The first-order valence-corrected chi connectivity index (χ1v) is 5.55. The standard InChI is InChI=1S/C12H20N2O/c1-3-11(7-9-15)14-10(2)12-6-4-5-8-13-12/h4-6,8,10-11,14-15H,3,7,9H2,1-2H3. The van der Waals surface area contributed by atoms with Crippen LogP contribution >= 0.6 is 0 Å². The smallest absolute Gasteiger partial charge is 0.0570 e. The van der Waals surface area contributed by atoms with Gasteiger partial charge < -0.3 is 10.4 Å². The molecule has 0 fully saturated rings. The SMILES string of the molecule is CCC(CCO)NC(C)c1ccccn1. The first-order chi connectivity index (χ1) is 7.27. The highest BCUT2D eigenvalue weighted by Crippen LogP contribution is 2.11. The Balaban J connectivity index is 2.50. The van der Waals surface area contributed by atoms with Gasteiger partial charge in [0.2, 0.25) is 0 Å². The monoisotopic (exact) mass is 208 g/mol. The molecule has 15 heavy (non-hydrogen) atoms. The summed E-state index contributed by atoms with van der Waals surface area (Å²) in [6.07, 6.45) is 3.63. The summed E-state index contributed by atoms with van der Waals surface area (Å²) in [5.41, 5.74) is 1.05. The second-order valence-corrected chi connectivity index (χ2v) is 3.76. The van der Waals surface area contributed by atoms with Gasteiger partial charge >= 0.3 is 0 Å². The fourth-order valence-corrected chi connectivity index (χ4v) is 1.63. The van der Waals surface area contributed by atoms with E-state index >= 15 is 0 Å². The van der Waals surface area contributed by atoms with Crippen LogP contribution in [0.1, 0.15) is 38.4 Å². The second kappa shape index (κ2) is 6.53. The van der Waals surface area contributed by atoms with Crippen LogP contribution in [0, 0.1) is 0 Å². The zero-order chi connectivity index (χ0) is 11.1. The van der Waals surface area contributed by atoms with Crippen LogP contribution in [-0.4, -0.2) is 22.7 Å². The van der Waals surface area contributed by atoms with Crippen molar-refractivity contribution in [3.05, 3.63) is 30.1 Å². The molecule has 84 valence electrons. The van der Waals surface area contributed by atoms with Gasteiger partial charge in [-0.1, -0.05) is 13.0 Å². The minimum Gasteiger partial charge on any atom is -0.396 e. The van der Waals surface area contributed by atoms with Crippen molar-refractivity contribution in [1.29, 1.82) is 0 Å². The van der Waals surface area contributed by atoms with Crippen LogP contribution in [0.5, 0.6) is 0 Å². The lowest BCUT2D eigenvalue weighted by Gasteiger charge is -2.21. The van der Waals surface area contributed by atoms with E-state index in [9.17, 15) is 0 Å². The summed E-state index contributed by atoms with van der Waals surface area (Å²) in [6, 6.07) is 6.53. The Hall–Kier alpha value is -0.930. The summed E-state index contributed by atoms with van der Waals surface area (Å²) in [4.78, 5) is 4.30. The zero-order valence-corrected chi connectivity index (χ0v) is 9.48. The minimum atomic E-state index is 0.237. The van der Waals surface area contributed by atoms with Crippen LogP contribution in [0.2, 0.25) is 0 Å². The molecule has 0 saturated heterocycles. The number of hydrogen-bond acceptors (Lipinski definition) is 3. The highest BCUT2D eigenvalue weighted by Gasteiger charge is 2.11. The molecule has 0 amide bonds. The Kier molecular flexibility index (Phi) is 5.29. The number of pyridine rings is 1. The fraction of sp³-hybridized carbons (Fsp3) is 0.583. The Morgan fingerprint density at radius 2 is 2.27 bits per heavy atom. The summed E-state index contributed by atoms with van der Waals surface area (Å²) in [6.45, 7) is 4.46. The van der Waals surface area contributed by atoms with Gasteiger partial charge in [0.05, 0.1) is 5.69 Å². The van der Waals surface area contributed by atoms with Crippen molar-refractivity contribution >= 4 is 0 Å². The zero-order valence-electron chi connectivity index (χ0n) is 9.48. The first kappa shape index (κ1) is 12.1. The number of nitrogens with one attached hydrogen (secondary N) is 1. The van der Waals surface area contributed by atoms with Gasteiger partial charge in [-0.05, 0) is 31.9 Å². The number of aromatic nitrogens is 1. The van der Waals surface area contributed by atoms with Crippen molar-refractivity contribution in [2.24, 2.45) is 0 Å². The van der Waals surface area contributed by atoms with Crippen LogP contribution in [0.25, 0.3) is 0 Å². The van der Waals surface area contributed by atoms with Gasteiger partial charge in [-0.15, -0.1) is 0 Å². The fourth-order valence-electron chi connectivity index (χ4n) is 1.63. The first-order valence-electron chi connectivity index (χ1n) is 5.55. The normalized spacial score (nSPS) is 14.9. The summed E-state index contributed by atoms with van der Waals surface area (Å²) >= 11 is 0. The van der Waals surface area contributed by atoms with Crippen LogP contribution in [-0.2, 0) is 0 Å². The topological polar surface area (TPSA) is 45.1 Å². The molecule has 1 rings (SSSR count). The Morgan fingerprint density at radius 3 is 2.80 bits per heavy atom. The molecule has 0 bridgehead atoms. The molecular weight excluding hydrogens is 188 g/mol. The molecular formula is C12H20N2O. The minimum absolute atomic E-state index is 0.237. The maximum absolute atomic E-state index is 8.90. The van der Waals surface area contributed by atoms with E-state index in [0.29, 0.717) is 6.04 Å². The van der Waals surface area contributed by atoms with E-state index in [0.717, 1.165) is 18.5 Å². The highest BCUT2D eigenvalue weighted by molar-refractivity contribution is 5.07. The lowest BCUT2D eigenvalue weighted by Crippen LogP contribution is -2.32. The molecule has 1 aromatic rings. The van der Waals surface area contributed by atoms with E-state index < -0.39 is 0 Å². The van der Waals surface area contributed by atoms with Gasteiger partial charge in [0.15, 0.2) is 0 Å². The molecule has 0 aromatic carbocycles. The third kappa shape index (κ3) is 3.98. The largest absolute Gasteiger partial charge is 0.396 e. The van der Waals surface area contributed by atoms with E-state index in [2.05, 4.69) is 24.1 Å². The van der Waals surface area contributed by atoms with Crippen molar-refractivity contribution in [1.82, 2.24) is 10.3 Å². The number of nitrogens with zero attached hydrogens (tertiary/aromatic N) is 1. The molecule has 0 saturated carbocycles. The molecule has 0 aliphatic rings. The van der Waals surface area contributed by atoms with Gasteiger partial charge in [0, 0.05) is 24.9 Å². The lowest BCUT2D eigenvalue weighted by atomic mass is 10.1. The Labute approximate surface area is 91.5 Å². The van der Waals surface area contributed by atoms with Crippen molar-refractivity contribution in [3.63, 3.8) is 0 Å². The van der Waals surface area contributed by atoms with E-state index in [1.54, 1.807) is 6.20 Å². The second-order valence-electron chi connectivity index (χ2n) is 3.76. The molecule has 3 nitrogen and oxygen atoms in total. The molecule has 2 unspecified atom stereocenters. The summed E-state index contributed by atoms with van der Waals surface area (Å²) in [5, 5.41) is 12.4. The van der Waals surface area contributed by atoms with E-state index in [1.165, 1.54) is 0 Å². The van der Waals surface area contributed by atoms with Gasteiger partial charge in [-0.2, -0.15) is 0 Å². The van der Waals surface area contributed by atoms with Gasteiger partial charge in [-0.3, -0.25) is 4.98 Å². The predicted octanol–water partition coefficient (Wildman–Crippen LogP) is 1.89. The molecule has 1 heterocycles. The van der Waals surface area contributed by atoms with Gasteiger partial charge in [0.1, 0.15) is 0 Å². The average molecular weight is 208 g/mol. The quantitative estimate of drug-likeness (QED) is 0.750. The van der Waals surface area contributed by atoms with Crippen molar-refractivity contribution in [2.45, 2.75) is 38.8 Å². The maximum Gasteiger partial charge on any atom is 0.0570 e. The third-order valence-electron chi connectivity index (χ3n) is 2.59. The lowest BCUT2D eigenvalue weighted by molar-refractivity contribution is 0.256. The number of rotatable bonds is 6. The van der Waals surface area contributed by atoms with Crippen molar-refractivity contribution in [2.75, 3.05) is 6.61 Å². The molecule has 2 atom stereocenters. The molecule has 0 spiro atoms. The number of aliphatic hydroxyl groups excluding tert-OH is 1. The van der Waals surface area contributed by atoms with Crippen molar-refractivity contribution < 1.29 is 5.11 Å². The molecule has 0 aliphatic carbocycles. The van der Waals surface area contributed by atoms with E-state index in [1.807, 2.05) is 18.2 Å². The Morgan fingerprint density at radius 1 is 1.47 bits per heavy atom. The summed E-state index contributed by atoms with van der Waals surface area (Å²) < 4.78 is 0. The van der Waals surface area contributed by atoms with Crippen LogP contribution < -0.4 is 5.32 Å². The molecule has 1 aromatic heterocycles. The maximum atomic E-state index is 8.90. The molecule has 0 radical (unpaired) electrons. The predicted molar refractivity (Wildman–Crippen MR) is 61.6 cm³/mol. The summed E-state index contributed by atoms with van der Waals surface area (Å²) in [7, 11) is 0. The third-order valence-corrected chi connectivity index (χ3v) is 2.59. The van der Waals surface area contributed by atoms with E-state index in [-0.39, 0.29) is 12.6 Å². The van der Waals surface area contributed by atoms with Crippen molar-refractivity contribution in [3.8, 4) is 0 Å². The molecule has 2 N–H and O–H groups in total. The van der Waals surface area contributed by atoms with E-state index in [4.69, 9.17) is 5.11 Å². The average Bonchev–Trinajstić information content (AvgIpc) is 2.29. The van der Waals surface area contributed by atoms with Crippen LogP contribution in [0.3, 0.4) is 0 Å². The molecule has 0 aliphatic heterocycles. The van der Waals surface area contributed by atoms with Crippen LogP contribution in [0.15, 0.2) is 24.4 Å². The van der Waals surface area contributed by atoms with Gasteiger partial charge in [0.25, 0.3) is 0 Å². The highest BCUT2D eigenvalue weighted by atomic mass is 16.3. The number of hydrogen-bond donors (Lipinski definition) is 2. The summed E-state index contributed by atoms with van der Waals surface area (Å²) in [5.74, 6) is 0. The van der Waals surface area contributed by atoms with Crippen LogP contribution in [0.4, 0.5) is 0 Å². The Bertz CT molecular complexity index is 264. The molecule has 3 heteroatoms.